The molecule has 0 saturated heterocycles. The molecule has 0 aliphatic rings. The lowest BCUT2D eigenvalue weighted by molar-refractivity contribution is -0.135. The van der Waals surface area contributed by atoms with Crippen molar-refractivity contribution in [1.29, 1.82) is 0 Å². The molecule has 11 nitrogen and oxygen atoms in total. The van der Waals surface area contributed by atoms with Crippen LogP contribution in [0.5, 0.6) is 0 Å². The second kappa shape index (κ2) is 12.5. The number of sulfone groups is 1. The van der Waals surface area contributed by atoms with E-state index in [0.29, 0.717) is 11.3 Å². The summed E-state index contributed by atoms with van der Waals surface area (Å²) in [5.74, 6) is -1.19. The highest BCUT2D eigenvalue weighted by Crippen LogP contribution is 2.29. The first-order valence-electron chi connectivity index (χ1n) is 12.5. The molecule has 0 spiro atoms. The topological polar surface area (TPSA) is 152 Å². The summed E-state index contributed by atoms with van der Waals surface area (Å²) in [6.07, 6.45) is 2.24. The molecule has 214 valence electrons. The Bertz CT molecular complexity index is 1590. The van der Waals surface area contributed by atoms with Crippen LogP contribution < -0.4 is 10.2 Å². The molecule has 1 aromatic carbocycles. The van der Waals surface area contributed by atoms with Gasteiger partial charge in [-0.25, -0.2) is 28.2 Å². The fraction of sp³-hybridized carbons (Fsp3) is 0.250. The zero-order chi connectivity index (χ0) is 29.6. The molecule has 2 N–H and O–H groups in total. The third kappa shape index (κ3) is 7.72. The maximum absolute atomic E-state index is 13.7. The zero-order valence-electron chi connectivity index (χ0n) is 22.6. The Morgan fingerprint density at radius 3 is 2.39 bits per heavy atom. The highest BCUT2D eigenvalue weighted by atomic mass is 32.2. The maximum atomic E-state index is 13.7. The zero-order valence-corrected chi connectivity index (χ0v) is 24.2. The molecular formula is C28H29N5O6S2. The molecule has 41 heavy (non-hydrogen) atoms. The Morgan fingerprint density at radius 2 is 1.78 bits per heavy atom. The van der Waals surface area contributed by atoms with Crippen LogP contribution in [0, 0.1) is 0 Å². The number of hydrogen-bond donors (Lipinski definition) is 2. The standard InChI is InChI=1S/C28H29N5O6S2/c1-28(2,3)39-27(36)33(18-24(34)35)22-8-6-7-21(32-22)17-31-26(41(37,38)23-9-4-5-14-29-23)20-12-10-19(11-13-20)25-30-15-16-40-25/h4-16,26,31H,17-18H2,1-3H3,(H,34,35). The van der Waals surface area contributed by atoms with Gasteiger partial charge in [0, 0.05) is 29.9 Å². The van der Waals surface area contributed by atoms with E-state index in [1.54, 1.807) is 75.5 Å². The van der Waals surface area contributed by atoms with Crippen molar-refractivity contribution in [3.05, 3.63) is 89.7 Å². The van der Waals surface area contributed by atoms with Crippen molar-refractivity contribution < 1.29 is 27.9 Å². The van der Waals surface area contributed by atoms with E-state index in [-0.39, 0.29) is 17.4 Å². The Hall–Kier alpha value is -4.20. The van der Waals surface area contributed by atoms with Crippen molar-refractivity contribution in [3.63, 3.8) is 0 Å². The summed E-state index contributed by atoms with van der Waals surface area (Å²) in [5.41, 5.74) is 0.859. The van der Waals surface area contributed by atoms with Crippen molar-refractivity contribution >= 4 is 39.1 Å². The molecule has 0 aliphatic carbocycles. The number of carboxylic acids is 1. The number of pyridine rings is 2. The summed E-state index contributed by atoms with van der Waals surface area (Å²) in [7, 11) is -3.99. The van der Waals surface area contributed by atoms with Gasteiger partial charge < -0.3 is 9.84 Å². The van der Waals surface area contributed by atoms with Crippen LogP contribution in [-0.2, 0) is 25.9 Å². The summed E-state index contributed by atoms with van der Waals surface area (Å²) in [6.45, 7) is 4.32. The van der Waals surface area contributed by atoms with Crippen molar-refractivity contribution in [1.82, 2.24) is 20.3 Å². The number of benzene rings is 1. The predicted molar refractivity (Wildman–Crippen MR) is 154 cm³/mol. The smallest absolute Gasteiger partial charge is 0.416 e. The number of carbonyl (C=O) groups excluding carboxylic acids is 1. The molecule has 0 fully saturated rings. The number of anilines is 1. The number of carbonyl (C=O) groups is 2. The highest BCUT2D eigenvalue weighted by Gasteiger charge is 2.31. The SMILES string of the molecule is CC(C)(C)OC(=O)N(CC(=O)O)c1cccc(CNC(c2ccc(-c3nccs3)cc2)S(=O)(=O)c2ccccn2)n1. The quantitative estimate of drug-likeness (QED) is 0.264. The number of aliphatic carboxylic acids is 1. The lowest BCUT2D eigenvalue weighted by Crippen LogP contribution is -2.40. The van der Waals surface area contributed by atoms with E-state index in [1.165, 1.54) is 29.7 Å². The fourth-order valence-corrected chi connectivity index (χ4v) is 5.99. The predicted octanol–water partition coefficient (Wildman–Crippen LogP) is 4.69. The molecule has 1 unspecified atom stereocenters. The van der Waals surface area contributed by atoms with E-state index >= 15 is 0 Å². The van der Waals surface area contributed by atoms with Crippen molar-refractivity contribution in [2.45, 2.75) is 43.3 Å². The van der Waals surface area contributed by atoms with Gasteiger partial charge in [0.15, 0.2) is 5.03 Å². The summed E-state index contributed by atoms with van der Waals surface area (Å²) in [4.78, 5) is 37.9. The third-order valence-electron chi connectivity index (χ3n) is 5.58. The molecule has 1 amide bonds. The number of carboxylic acid groups (broad SMARTS) is 1. The number of ether oxygens (including phenoxy) is 1. The Morgan fingerprint density at radius 1 is 1.02 bits per heavy atom. The molecule has 3 heterocycles. The summed E-state index contributed by atoms with van der Waals surface area (Å²) in [5, 5.41) is 13.8. The first-order valence-corrected chi connectivity index (χ1v) is 14.9. The molecule has 4 aromatic rings. The number of nitrogens with zero attached hydrogens (tertiary/aromatic N) is 4. The molecule has 3 aromatic heterocycles. The molecule has 1 atom stereocenters. The van der Waals surface area contributed by atoms with E-state index in [4.69, 9.17) is 4.74 Å². The van der Waals surface area contributed by atoms with Gasteiger partial charge in [0.1, 0.15) is 28.3 Å². The van der Waals surface area contributed by atoms with Crippen LogP contribution in [0.15, 0.2) is 83.5 Å². The first-order chi connectivity index (χ1) is 19.4. The first kappa shape index (κ1) is 29.8. The van der Waals surface area contributed by atoms with Crippen LogP contribution in [-0.4, -0.2) is 52.7 Å². The minimum atomic E-state index is -3.99. The molecular weight excluding hydrogens is 566 g/mol. The van der Waals surface area contributed by atoms with Gasteiger partial charge in [-0.15, -0.1) is 11.3 Å². The average molecular weight is 596 g/mol. The van der Waals surface area contributed by atoms with Gasteiger partial charge in [0.2, 0.25) is 9.84 Å². The molecule has 4 rings (SSSR count). The monoisotopic (exact) mass is 595 g/mol. The van der Waals surface area contributed by atoms with E-state index in [2.05, 4.69) is 20.3 Å². The van der Waals surface area contributed by atoms with E-state index in [9.17, 15) is 23.1 Å². The van der Waals surface area contributed by atoms with E-state index < -0.39 is 39.4 Å². The second-order valence-corrected chi connectivity index (χ2v) is 12.8. The van der Waals surface area contributed by atoms with Crippen molar-refractivity contribution in [2.75, 3.05) is 11.4 Å². The van der Waals surface area contributed by atoms with Gasteiger partial charge in [0.05, 0.1) is 5.69 Å². The van der Waals surface area contributed by atoms with Gasteiger partial charge in [0.25, 0.3) is 0 Å². The largest absolute Gasteiger partial charge is 0.480 e. The van der Waals surface area contributed by atoms with Gasteiger partial charge >= 0.3 is 12.1 Å². The van der Waals surface area contributed by atoms with E-state index in [0.717, 1.165) is 15.5 Å². The second-order valence-electron chi connectivity index (χ2n) is 9.88. The number of aromatic nitrogens is 3. The Labute approximate surface area is 241 Å². The number of thiazole rings is 1. The van der Waals surface area contributed by atoms with Gasteiger partial charge in [-0.05, 0) is 50.6 Å². The molecule has 0 aliphatic heterocycles. The number of hydrogen-bond acceptors (Lipinski definition) is 10. The van der Waals surface area contributed by atoms with Crippen molar-refractivity contribution in [2.24, 2.45) is 0 Å². The Kier molecular flexibility index (Phi) is 9.11. The van der Waals surface area contributed by atoms with Crippen LogP contribution >= 0.6 is 11.3 Å². The summed E-state index contributed by atoms with van der Waals surface area (Å²) < 4.78 is 32.8. The lowest BCUT2D eigenvalue weighted by atomic mass is 10.1. The van der Waals surface area contributed by atoms with Gasteiger partial charge in [-0.3, -0.25) is 15.0 Å². The van der Waals surface area contributed by atoms with Crippen LogP contribution in [0.25, 0.3) is 10.6 Å². The van der Waals surface area contributed by atoms with Crippen LogP contribution in [0.4, 0.5) is 10.6 Å². The lowest BCUT2D eigenvalue weighted by Gasteiger charge is -2.26. The normalized spacial score (nSPS) is 12.5. The highest BCUT2D eigenvalue weighted by molar-refractivity contribution is 7.91. The van der Waals surface area contributed by atoms with Gasteiger partial charge in [-0.1, -0.05) is 36.4 Å². The van der Waals surface area contributed by atoms with Crippen LogP contribution in [0.1, 0.15) is 37.4 Å². The molecule has 0 saturated carbocycles. The molecule has 0 bridgehead atoms. The third-order valence-corrected chi connectivity index (χ3v) is 8.28. The van der Waals surface area contributed by atoms with Crippen molar-refractivity contribution in [3.8, 4) is 10.6 Å². The molecule has 13 heteroatoms. The maximum Gasteiger partial charge on any atom is 0.416 e. The van der Waals surface area contributed by atoms with Gasteiger partial charge in [-0.2, -0.15) is 0 Å². The van der Waals surface area contributed by atoms with E-state index in [1.807, 2.05) is 5.38 Å². The minimum absolute atomic E-state index is 0.0198. The number of rotatable bonds is 10. The average Bonchev–Trinajstić information content (AvgIpc) is 3.47. The summed E-state index contributed by atoms with van der Waals surface area (Å²) in [6, 6.07) is 16.4. The number of amides is 1. The van der Waals surface area contributed by atoms with Crippen LogP contribution in [0.2, 0.25) is 0 Å². The molecule has 0 radical (unpaired) electrons. The summed E-state index contributed by atoms with van der Waals surface area (Å²) >= 11 is 1.48. The Balaban J connectivity index is 1.63. The minimum Gasteiger partial charge on any atom is -0.480 e. The fourth-order valence-electron chi connectivity index (χ4n) is 3.81. The number of nitrogens with one attached hydrogen (secondary N) is 1. The van der Waals surface area contributed by atoms with Crippen LogP contribution in [0.3, 0.4) is 0 Å².